The van der Waals surface area contributed by atoms with Gasteiger partial charge in [0.25, 0.3) is 11.8 Å². The number of guanidine groups is 1. The first-order chi connectivity index (χ1) is 12.1. The van der Waals surface area contributed by atoms with Crippen LogP contribution in [0.1, 0.15) is 46.4 Å². The number of hydrogen-bond acceptors (Lipinski definition) is 3. The van der Waals surface area contributed by atoms with E-state index in [1.165, 1.54) is 30.6 Å². The Labute approximate surface area is 147 Å². The molecule has 132 valence electrons. The molecule has 1 saturated carbocycles. The Bertz CT molecular complexity index is 704. The van der Waals surface area contributed by atoms with E-state index >= 15 is 0 Å². The fourth-order valence-corrected chi connectivity index (χ4v) is 4.25. The van der Waals surface area contributed by atoms with Gasteiger partial charge in [0.05, 0.1) is 11.1 Å². The Morgan fingerprint density at radius 2 is 1.84 bits per heavy atom. The lowest BCUT2D eigenvalue weighted by Gasteiger charge is -2.38. The molecule has 2 heterocycles. The number of fused-ring (bicyclic) bond motifs is 1. The second-order valence-electron chi connectivity index (χ2n) is 7.31. The number of amides is 2. The molecule has 1 aliphatic carbocycles. The summed E-state index contributed by atoms with van der Waals surface area (Å²) >= 11 is 0. The van der Waals surface area contributed by atoms with Crippen molar-refractivity contribution in [2.24, 2.45) is 10.4 Å². The number of nitrogens with zero attached hydrogens (tertiary/aromatic N) is 3. The van der Waals surface area contributed by atoms with Crippen LogP contribution in [0.3, 0.4) is 0 Å². The third-order valence-electron chi connectivity index (χ3n) is 5.86. The molecular weight excluding hydrogens is 316 g/mol. The molecule has 25 heavy (non-hydrogen) atoms. The normalized spacial score (nSPS) is 21.7. The average molecular weight is 340 g/mol. The van der Waals surface area contributed by atoms with E-state index in [1.807, 2.05) is 0 Å². The van der Waals surface area contributed by atoms with Crippen LogP contribution < -0.4 is 5.32 Å². The minimum Gasteiger partial charge on any atom is -0.354 e. The number of benzene rings is 1. The van der Waals surface area contributed by atoms with E-state index in [0.717, 1.165) is 19.0 Å². The van der Waals surface area contributed by atoms with Gasteiger partial charge in [-0.15, -0.1) is 0 Å². The summed E-state index contributed by atoms with van der Waals surface area (Å²) in [5.74, 6) is 0.472. The summed E-state index contributed by atoms with van der Waals surface area (Å²) in [7, 11) is 1.79. The smallest absolute Gasteiger partial charge is 0.261 e. The lowest BCUT2D eigenvalue weighted by Crippen LogP contribution is -2.45. The van der Waals surface area contributed by atoms with Gasteiger partial charge < -0.3 is 10.2 Å². The van der Waals surface area contributed by atoms with Crippen LogP contribution in [0, 0.1) is 5.41 Å². The molecule has 6 heteroatoms. The van der Waals surface area contributed by atoms with Crippen LogP contribution in [-0.4, -0.2) is 60.8 Å². The molecule has 0 bridgehead atoms. The Kier molecular flexibility index (Phi) is 3.98. The molecule has 0 unspecified atom stereocenters. The fourth-order valence-electron chi connectivity index (χ4n) is 4.25. The number of carbonyl (C=O) groups is 2. The molecule has 6 nitrogen and oxygen atoms in total. The number of aliphatic imine (C=N–C) groups is 1. The molecule has 1 N–H and O–H groups in total. The van der Waals surface area contributed by atoms with Crippen LogP contribution in [0.15, 0.2) is 29.3 Å². The Balaban J connectivity index is 1.33. The summed E-state index contributed by atoms with van der Waals surface area (Å²) in [6.07, 6.45) is 5.25. The molecule has 1 saturated heterocycles. The van der Waals surface area contributed by atoms with Crippen LogP contribution >= 0.6 is 0 Å². The van der Waals surface area contributed by atoms with E-state index in [1.54, 1.807) is 31.3 Å². The maximum Gasteiger partial charge on any atom is 0.261 e. The van der Waals surface area contributed by atoms with Crippen molar-refractivity contribution in [3.63, 3.8) is 0 Å². The second kappa shape index (κ2) is 6.17. The standard InChI is InChI=1S/C19H24N4O2/c1-20-18(22-11-9-19(13-22)7-4-8-19)21-10-12-23-16(24)14-5-2-3-6-15(14)17(23)25/h2-3,5-6H,4,7-13H2,1H3,(H,20,21). The Morgan fingerprint density at radius 3 is 2.36 bits per heavy atom. The lowest BCUT2D eigenvalue weighted by atomic mass is 9.68. The number of rotatable bonds is 3. The highest BCUT2D eigenvalue weighted by atomic mass is 16.2. The number of likely N-dealkylation sites (tertiary alicyclic amines) is 1. The van der Waals surface area contributed by atoms with Crippen molar-refractivity contribution >= 4 is 17.8 Å². The van der Waals surface area contributed by atoms with Gasteiger partial charge in [-0.2, -0.15) is 0 Å². The zero-order chi connectivity index (χ0) is 17.4. The number of carbonyl (C=O) groups excluding carboxylic acids is 2. The van der Waals surface area contributed by atoms with E-state index in [9.17, 15) is 9.59 Å². The number of nitrogens with one attached hydrogen (secondary N) is 1. The van der Waals surface area contributed by atoms with Crippen LogP contribution in [0.4, 0.5) is 0 Å². The largest absolute Gasteiger partial charge is 0.354 e. The molecule has 1 aromatic carbocycles. The molecule has 2 amide bonds. The highest BCUT2D eigenvalue weighted by Crippen LogP contribution is 2.47. The zero-order valence-electron chi connectivity index (χ0n) is 14.6. The van der Waals surface area contributed by atoms with Gasteiger partial charge >= 0.3 is 0 Å². The number of imide groups is 1. The zero-order valence-corrected chi connectivity index (χ0v) is 14.6. The maximum absolute atomic E-state index is 12.4. The van der Waals surface area contributed by atoms with Crippen molar-refractivity contribution in [1.29, 1.82) is 0 Å². The highest BCUT2D eigenvalue weighted by molar-refractivity contribution is 6.21. The van der Waals surface area contributed by atoms with Gasteiger partial charge in [-0.05, 0) is 36.8 Å². The van der Waals surface area contributed by atoms with Crippen LogP contribution in [-0.2, 0) is 0 Å². The van der Waals surface area contributed by atoms with Crippen LogP contribution in [0.5, 0.6) is 0 Å². The molecule has 0 atom stereocenters. The van der Waals surface area contributed by atoms with Crippen molar-refractivity contribution in [1.82, 2.24) is 15.1 Å². The average Bonchev–Trinajstić information content (AvgIpc) is 3.15. The predicted octanol–water partition coefficient (Wildman–Crippen LogP) is 1.73. The van der Waals surface area contributed by atoms with Gasteiger partial charge in [0, 0.05) is 33.2 Å². The molecule has 1 aromatic rings. The molecule has 4 rings (SSSR count). The molecule has 1 spiro atoms. The van der Waals surface area contributed by atoms with E-state index in [0.29, 0.717) is 29.6 Å². The fraction of sp³-hybridized carbons (Fsp3) is 0.526. The first-order valence-corrected chi connectivity index (χ1v) is 9.04. The van der Waals surface area contributed by atoms with E-state index < -0.39 is 0 Å². The Hall–Kier alpha value is -2.37. The van der Waals surface area contributed by atoms with Gasteiger partial charge in [0.1, 0.15) is 0 Å². The third kappa shape index (κ3) is 2.69. The van der Waals surface area contributed by atoms with Crippen molar-refractivity contribution in [3.8, 4) is 0 Å². The van der Waals surface area contributed by atoms with Crippen molar-refractivity contribution in [2.45, 2.75) is 25.7 Å². The minimum atomic E-state index is -0.202. The minimum absolute atomic E-state index is 0.202. The summed E-state index contributed by atoms with van der Waals surface area (Å²) in [6, 6.07) is 7.00. The van der Waals surface area contributed by atoms with Gasteiger partial charge in [-0.3, -0.25) is 19.5 Å². The second-order valence-corrected chi connectivity index (χ2v) is 7.31. The SMILES string of the molecule is CN=C(NCCN1C(=O)c2ccccc2C1=O)N1CCC2(CCC2)C1. The molecule has 3 aliphatic rings. The van der Waals surface area contributed by atoms with Crippen LogP contribution in [0.25, 0.3) is 0 Å². The monoisotopic (exact) mass is 340 g/mol. The molecular formula is C19H24N4O2. The molecule has 0 aromatic heterocycles. The van der Waals surface area contributed by atoms with Crippen molar-refractivity contribution in [2.75, 3.05) is 33.2 Å². The quantitative estimate of drug-likeness (QED) is 0.517. The van der Waals surface area contributed by atoms with E-state index in [2.05, 4.69) is 15.2 Å². The first kappa shape index (κ1) is 16.1. The van der Waals surface area contributed by atoms with Crippen molar-refractivity contribution in [3.05, 3.63) is 35.4 Å². The topological polar surface area (TPSA) is 65.0 Å². The van der Waals surface area contributed by atoms with Crippen molar-refractivity contribution < 1.29 is 9.59 Å². The summed E-state index contributed by atoms with van der Waals surface area (Å²) in [4.78, 5) is 32.8. The van der Waals surface area contributed by atoms with Gasteiger partial charge in [-0.25, -0.2) is 0 Å². The summed E-state index contributed by atoms with van der Waals surface area (Å²) in [5.41, 5.74) is 1.52. The number of hydrogen-bond donors (Lipinski definition) is 1. The third-order valence-corrected chi connectivity index (χ3v) is 5.86. The van der Waals surface area contributed by atoms with Gasteiger partial charge in [0.2, 0.25) is 0 Å². The van der Waals surface area contributed by atoms with Gasteiger partial charge in [-0.1, -0.05) is 18.6 Å². The summed E-state index contributed by atoms with van der Waals surface area (Å²) in [5, 5.41) is 3.32. The molecule has 2 aliphatic heterocycles. The first-order valence-electron chi connectivity index (χ1n) is 9.04. The highest BCUT2D eigenvalue weighted by Gasteiger charge is 2.43. The molecule has 2 fully saturated rings. The van der Waals surface area contributed by atoms with Crippen LogP contribution in [0.2, 0.25) is 0 Å². The maximum atomic E-state index is 12.4. The van der Waals surface area contributed by atoms with E-state index in [4.69, 9.17) is 0 Å². The summed E-state index contributed by atoms with van der Waals surface area (Å²) in [6.45, 7) is 2.97. The molecule has 0 radical (unpaired) electrons. The lowest BCUT2D eigenvalue weighted by molar-refractivity contribution is 0.0657. The van der Waals surface area contributed by atoms with E-state index in [-0.39, 0.29) is 11.8 Å². The summed E-state index contributed by atoms with van der Waals surface area (Å²) < 4.78 is 0. The van der Waals surface area contributed by atoms with Gasteiger partial charge in [0.15, 0.2) is 5.96 Å². The Morgan fingerprint density at radius 1 is 1.16 bits per heavy atom. The predicted molar refractivity (Wildman–Crippen MR) is 95.6 cm³/mol.